The van der Waals surface area contributed by atoms with Gasteiger partial charge in [-0.15, -0.1) is 0 Å². The number of nitrogens with zero attached hydrogens (tertiary/aromatic N) is 2. The van der Waals surface area contributed by atoms with E-state index in [4.69, 9.17) is 4.84 Å². The van der Waals surface area contributed by atoms with Crippen LogP contribution in [0.25, 0.3) is 0 Å². The van der Waals surface area contributed by atoms with Crippen LogP contribution in [-0.4, -0.2) is 41.0 Å². The van der Waals surface area contributed by atoms with Crippen molar-refractivity contribution in [2.24, 2.45) is 5.16 Å². The van der Waals surface area contributed by atoms with Crippen LogP contribution in [-0.2, 0) is 17.8 Å². The van der Waals surface area contributed by atoms with Crippen LogP contribution >= 0.6 is 0 Å². The van der Waals surface area contributed by atoms with E-state index in [1.54, 1.807) is 12.1 Å². The minimum absolute atomic E-state index is 0.133. The number of rotatable bonds is 9. The molecule has 0 spiro atoms. The topological polar surface area (TPSA) is 45.1 Å². The minimum atomic E-state index is -0.565. The molecule has 0 aromatic heterocycles. The Kier molecular flexibility index (Phi) is 7.07. The van der Waals surface area contributed by atoms with E-state index < -0.39 is 6.10 Å². The zero-order valence-corrected chi connectivity index (χ0v) is 17.4. The van der Waals surface area contributed by atoms with Crippen LogP contribution in [0.5, 0.6) is 0 Å². The molecule has 3 aromatic rings. The Labute approximate surface area is 182 Å². The molecule has 0 amide bonds. The third-order valence-corrected chi connectivity index (χ3v) is 5.44. The molecule has 2 atom stereocenters. The molecule has 160 valence electrons. The van der Waals surface area contributed by atoms with Gasteiger partial charge in [-0.05, 0) is 23.6 Å². The van der Waals surface area contributed by atoms with Crippen molar-refractivity contribution in [3.63, 3.8) is 0 Å². The summed E-state index contributed by atoms with van der Waals surface area (Å²) in [5.41, 5.74) is 3.65. The quantitative estimate of drug-likeness (QED) is 0.559. The van der Waals surface area contributed by atoms with E-state index in [9.17, 15) is 9.50 Å². The lowest BCUT2D eigenvalue weighted by Gasteiger charge is -2.27. The second-order valence-corrected chi connectivity index (χ2v) is 7.96. The third-order valence-electron chi connectivity index (χ3n) is 5.44. The number of aliphatic hydroxyl groups is 1. The highest BCUT2D eigenvalue weighted by Gasteiger charge is 2.26. The van der Waals surface area contributed by atoms with E-state index in [-0.39, 0.29) is 11.9 Å². The van der Waals surface area contributed by atoms with Crippen molar-refractivity contribution in [3.05, 3.63) is 107 Å². The highest BCUT2D eigenvalue weighted by molar-refractivity contribution is 6.01. The summed E-state index contributed by atoms with van der Waals surface area (Å²) in [6.45, 7) is 1.38. The summed E-state index contributed by atoms with van der Waals surface area (Å²) < 4.78 is 14.3. The van der Waals surface area contributed by atoms with Crippen LogP contribution in [0.2, 0.25) is 0 Å². The standard InChI is InChI=1S/C26H27FN2O2/c27-25-14-8-7-13-22(25)17-29(18-23(30)15-20-9-3-1-4-10-20)19-24-16-26(28-31-24)21-11-5-2-6-12-21/h1-14,23-24,30H,15-19H2. The Bertz CT molecular complexity index is 995. The summed E-state index contributed by atoms with van der Waals surface area (Å²) in [6, 6.07) is 26.7. The number of aliphatic hydroxyl groups excluding tert-OH is 1. The van der Waals surface area contributed by atoms with E-state index in [1.807, 2.05) is 66.7 Å². The van der Waals surface area contributed by atoms with E-state index in [1.165, 1.54) is 6.07 Å². The number of halogens is 1. The number of benzene rings is 3. The monoisotopic (exact) mass is 418 g/mol. The van der Waals surface area contributed by atoms with Gasteiger partial charge in [-0.1, -0.05) is 84.0 Å². The second-order valence-electron chi connectivity index (χ2n) is 7.96. The van der Waals surface area contributed by atoms with Crippen LogP contribution in [0.1, 0.15) is 23.1 Å². The molecule has 0 aliphatic carbocycles. The summed E-state index contributed by atoms with van der Waals surface area (Å²) in [7, 11) is 0. The van der Waals surface area contributed by atoms with Gasteiger partial charge in [0, 0.05) is 31.6 Å². The SMILES string of the molecule is OC(Cc1ccccc1)CN(Cc1ccccc1F)CC1CC(c2ccccc2)=NO1. The first-order valence-corrected chi connectivity index (χ1v) is 10.6. The number of hydrogen-bond donors (Lipinski definition) is 1. The summed E-state index contributed by atoms with van der Waals surface area (Å²) in [5.74, 6) is -0.237. The van der Waals surface area contributed by atoms with Crippen molar-refractivity contribution in [2.45, 2.75) is 31.6 Å². The number of oxime groups is 1. The molecule has 0 saturated heterocycles. The first-order chi connectivity index (χ1) is 15.2. The fourth-order valence-electron chi connectivity index (χ4n) is 3.94. The van der Waals surface area contributed by atoms with Gasteiger partial charge in [0.15, 0.2) is 0 Å². The van der Waals surface area contributed by atoms with Crippen LogP contribution in [0.15, 0.2) is 90.1 Å². The molecule has 1 aliphatic heterocycles. The highest BCUT2D eigenvalue weighted by Crippen LogP contribution is 2.20. The van der Waals surface area contributed by atoms with E-state index in [2.05, 4.69) is 10.1 Å². The highest BCUT2D eigenvalue weighted by atomic mass is 19.1. The molecule has 0 bridgehead atoms. The Balaban J connectivity index is 1.42. The number of hydrogen-bond acceptors (Lipinski definition) is 4. The smallest absolute Gasteiger partial charge is 0.145 e. The van der Waals surface area contributed by atoms with Crippen molar-refractivity contribution in [3.8, 4) is 0 Å². The van der Waals surface area contributed by atoms with Crippen LogP contribution in [0.4, 0.5) is 4.39 Å². The predicted octanol–water partition coefficient (Wildman–Crippen LogP) is 4.42. The molecule has 4 rings (SSSR count). The fourth-order valence-corrected chi connectivity index (χ4v) is 3.94. The molecule has 1 heterocycles. The summed E-state index contributed by atoms with van der Waals surface area (Å²) >= 11 is 0. The molecule has 0 saturated carbocycles. The van der Waals surface area contributed by atoms with Crippen LogP contribution in [0, 0.1) is 5.82 Å². The molecule has 0 fully saturated rings. The van der Waals surface area contributed by atoms with Gasteiger partial charge in [-0.3, -0.25) is 4.90 Å². The van der Waals surface area contributed by atoms with Crippen LogP contribution < -0.4 is 0 Å². The van der Waals surface area contributed by atoms with Gasteiger partial charge in [0.1, 0.15) is 11.9 Å². The molecule has 5 heteroatoms. The van der Waals surface area contributed by atoms with Gasteiger partial charge < -0.3 is 9.94 Å². The van der Waals surface area contributed by atoms with Crippen molar-refractivity contribution >= 4 is 5.71 Å². The molecular weight excluding hydrogens is 391 g/mol. The van der Waals surface area contributed by atoms with Gasteiger partial charge in [0.2, 0.25) is 0 Å². The van der Waals surface area contributed by atoms with Gasteiger partial charge in [0.05, 0.1) is 11.8 Å². The van der Waals surface area contributed by atoms with Crippen molar-refractivity contribution in [1.29, 1.82) is 0 Å². The Morgan fingerprint density at radius 1 is 0.968 bits per heavy atom. The van der Waals surface area contributed by atoms with Gasteiger partial charge >= 0.3 is 0 Å². The molecule has 3 aromatic carbocycles. The largest absolute Gasteiger partial charge is 0.391 e. The molecule has 0 radical (unpaired) electrons. The van der Waals surface area contributed by atoms with Crippen molar-refractivity contribution < 1.29 is 14.3 Å². The zero-order valence-electron chi connectivity index (χ0n) is 17.4. The maximum absolute atomic E-state index is 14.3. The first-order valence-electron chi connectivity index (χ1n) is 10.6. The predicted molar refractivity (Wildman–Crippen MR) is 120 cm³/mol. The van der Waals surface area contributed by atoms with Crippen LogP contribution in [0.3, 0.4) is 0 Å². The second kappa shape index (κ2) is 10.3. The first kappa shape index (κ1) is 21.2. The zero-order chi connectivity index (χ0) is 21.5. The van der Waals surface area contributed by atoms with E-state index >= 15 is 0 Å². The molecular formula is C26H27FN2O2. The van der Waals surface area contributed by atoms with Crippen molar-refractivity contribution in [2.75, 3.05) is 13.1 Å². The Morgan fingerprint density at radius 2 is 1.65 bits per heavy atom. The Hall–Kier alpha value is -3.02. The third kappa shape index (κ3) is 6.00. The summed E-state index contributed by atoms with van der Waals surface area (Å²) in [4.78, 5) is 7.74. The maximum Gasteiger partial charge on any atom is 0.145 e. The lowest BCUT2D eigenvalue weighted by atomic mass is 10.0. The average molecular weight is 419 g/mol. The lowest BCUT2D eigenvalue weighted by molar-refractivity contribution is 0.0319. The van der Waals surface area contributed by atoms with Gasteiger partial charge in [0.25, 0.3) is 0 Å². The molecule has 4 nitrogen and oxygen atoms in total. The van der Waals surface area contributed by atoms with Gasteiger partial charge in [-0.2, -0.15) is 0 Å². The lowest BCUT2D eigenvalue weighted by Crippen LogP contribution is -2.38. The molecule has 31 heavy (non-hydrogen) atoms. The molecule has 1 aliphatic rings. The van der Waals surface area contributed by atoms with Gasteiger partial charge in [-0.25, -0.2) is 4.39 Å². The average Bonchev–Trinajstić information content (AvgIpc) is 3.25. The Morgan fingerprint density at radius 3 is 2.39 bits per heavy atom. The van der Waals surface area contributed by atoms with Crippen molar-refractivity contribution in [1.82, 2.24) is 4.90 Å². The maximum atomic E-state index is 14.3. The minimum Gasteiger partial charge on any atom is -0.391 e. The summed E-state index contributed by atoms with van der Waals surface area (Å²) in [6.07, 6.45) is 0.536. The summed E-state index contributed by atoms with van der Waals surface area (Å²) in [5, 5.41) is 15.0. The fraction of sp³-hybridized carbons (Fsp3) is 0.269. The van der Waals surface area contributed by atoms with E-state index in [0.29, 0.717) is 38.0 Å². The molecule has 2 unspecified atom stereocenters. The van der Waals surface area contributed by atoms with E-state index in [0.717, 1.165) is 16.8 Å². The normalized spacial score (nSPS) is 16.7. The molecule has 1 N–H and O–H groups in total.